The van der Waals surface area contributed by atoms with Crippen molar-refractivity contribution in [3.05, 3.63) is 48.0 Å². The van der Waals surface area contributed by atoms with E-state index in [1.54, 1.807) is 0 Å². The first-order chi connectivity index (χ1) is 9.79. The van der Waals surface area contributed by atoms with Crippen LogP contribution in [0.3, 0.4) is 0 Å². The fraction of sp³-hybridized carbons (Fsp3) is 0.353. The molecular weight excluding hydrogens is 314 g/mol. The lowest BCUT2D eigenvalue weighted by Gasteiger charge is -2.21. The zero-order valence-electron chi connectivity index (χ0n) is 11.4. The van der Waals surface area contributed by atoms with Gasteiger partial charge in [-0.3, -0.25) is 4.79 Å². The van der Waals surface area contributed by atoms with E-state index >= 15 is 0 Å². The highest BCUT2D eigenvalue weighted by atomic mass is 79.9. The van der Waals surface area contributed by atoms with Crippen molar-refractivity contribution in [2.45, 2.75) is 25.3 Å². The van der Waals surface area contributed by atoms with E-state index < -0.39 is 0 Å². The van der Waals surface area contributed by atoms with Crippen LogP contribution in [0.15, 0.2) is 42.5 Å². The Morgan fingerprint density at radius 2 is 1.90 bits per heavy atom. The van der Waals surface area contributed by atoms with Crippen LogP contribution in [-0.2, 0) is 11.2 Å². The molecule has 1 amide bonds. The molecule has 2 aromatic rings. The number of benzene rings is 2. The van der Waals surface area contributed by atoms with Crippen LogP contribution in [0.2, 0.25) is 0 Å². The molecule has 2 nitrogen and oxygen atoms in total. The lowest BCUT2D eigenvalue weighted by Crippen LogP contribution is -2.35. The van der Waals surface area contributed by atoms with Crippen LogP contribution in [-0.4, -0.2) is 28.7 Å². The van der Waals surface area contributed by atoms with E-state index in [2.05, 4.69) is 40.2 Å². The third-order valence-corrected chi connectivity index (χ3v) is 4.21. The van der Waals surface area contributed by atoms with Gasteiger partial charge in [-0.15, -0.1) is 0 Å². The zero-order valence-corrected chi connectivity index (χ0v) is 13.0. The quantitative estimate of drug-likeness (QED) is 0.764. The number of rotatable bonds is 5. The molecule has 3 rings (SSSR count). The average Bonchev–Trinajstić information content (AvgIpc) is 3.29. The summed E-state index contributed by atoms with van der Waals surface area (Å²) in [6.45, 7) is 0.814. The van der Waals surface area contributed by atoms with Crippen molar-refractivity contribution in [3.8, 4) is 0 Å². The number of hydrogen-bond donors (Lipinski definition) is 0. The summed E-state index contributed by atoms with van der Waals surface area (Å²) < 4.78 is 0. The Morgan fingerprint density at radius 3 is 2.65 bits per heavy atom. The second-order valence-corrected chi connectivity index (χ2v) is 6.12. The molecule has 0 bridgehead atoms. The molecule has 1 saturated carbocycles. The Labute approximate surface area is 127 Å². The highest BCUT2D eigenvalue weighted by Crippen LogP contribution is 2.28. The molecule has 3 heteroatoms. The normalized spacial score (nSPS) is 14.4. The first-order valence-corrected chi connectivity index (χ1v) is 8.24. The van der Waals surface area contributed by atoms with Crippen molar-refractivity contribution in [3.63, 3.8) is 0 Å². The maximum Gasteiger partial charge on any atom is 0.227 e. The number of halogens is 1. The Kier molecular flexibility index (Phi) is 4.06. The lowest BCUT2D eigenvalue weighted by molar-refractivity contribution is -0.130. The number of carbonyl (C=O) groups excluding carboxylic acids is 1. The third kappa shape index (κ3) is 2.88. The van der Waals surface area contributed by atoms with Gasteiger partial charge in [0.05, 0.1) is 6.42 Å². The maximum absolute atomic E-state index is 12.5. The molecule has 0 aromatic heterocycles. The molecule has 2 aromatic carbocycles. The van der Waals surface area contributed by atoms with E-state index in [1.807, 2.05) is 23.1 Å². The van der Waals surface area contributed by atoms with E-state index in [-0.39, 0.29) is 5.91 Å². The largest absolute Gasteiger partial charge is 0.339 e. The van der Waals surface area contributed by atoms with E-state index in [1.165, 1.54) is 10.8 Å². The van der Waals surface area contributed by atoms with Crippen LogP contribution in [0.4, 0.5) is 0 Å². The van der Waals surface area contributed by atoms with Gasteiger partial charge >= 0.3 is 0 Å². The Balaban J connectivity index is 1.83. The van der Waals surface area contributed by atoms with Gasteiger partial charge in [0.1, 0.15) is 0 Å². The Morgan fingerprint density at radius 1 is 1.15 bits per heavy atom. The fourth-order valence-electron chi connectivity index (χ4n) is 2.70. The number of amides is 1. The minimum Gasteiger partial charge on any atom is -0.339 e. The topological polar surface area (TPSA) is 20.3 Å². The Hall–Kier alpha value is -1.35. The molecule has 0 unspecified atom stereocenters. The van der Waals surface area contributed by atoms with E-state index in [9.17, 15) is 4.79 Å². The molecule has 1 aliphatic carbocycles. The first-order valence-electron chi connectivity index (χ1n) is 7.11. The first kappa shape index (κ1) is 13.6. The van der Waals surface area contributed by atoms with Crippen LogP contribution in [0.5, 0.6) is 0 Å². The lowest BCUT2D eigenvalue weighted by atomic mass is 10.0. The maximum atomic E-state index is 12.5. The van der Waals surface area contributed by atoms with E-state index in [4.69, 9.17) is 0 Å². The monoisotopic (exact) mass is 331 g/mol. The highest BCUT2D eigenvalue weighted by molar-refractivity contribution is 9.09. The van der Waals surface area contributed by atoms with Crippen LogP contribution in [0.25, 0.3) is 10.8 Å². The van der Waals surface area contributed by atoms with Gasteiger partial charge in [-0.2, -0.15) is 0 Å². The van der Waals surface area contributed by atoms with E-state index in [0.717, 1.165) is 30.3 Å². The summed E-state index contributed by atoms with van der Waals surface area (Å²) in [7, 11) is 0. The average molecular weight is 332 g/mol. The van der Waals surface area contributed by atoms with Gasteiger partial charge < -0.3 is 4.90 Å². The summed E-state index contributed by atoms with van der Waals surface area (Å²) in [5, 5.41) is 3.25. The predicted molar refractivity (Wildman–Crippen MR) is 86.2 cm³/mol. The molecule has 0 heterocycles. The van der Waals surface area contributed by atoms with Gasteiger partial charge in [0.25, 0.3) is 0 Å². The number of nitrogens with zero attached hydrogens (tertiary/aromatic N) is 1. The summed E-state index contributed by atoms with van der Waals surface area (Å²) in [6, 6.07) is 15.0. The minimum absolute atomic E-state index is 0.253. The number of alkyl halides is 1. The van der Waals surface area contributed by atoms with Crippen molar-refractivity contribution in [1.82, 2.24) is 4.90 Å². The summed E-state index contributed by atoms with van der Waals surface area (Å²) in [6.07, 6.45) is 2.83. The third-order valence-electron chi connectivity index (χ3n) is 3.86. The van der Waals surface area contributed by atoms with Gasteiger partial charge in [0, 0.05) is 17.9 Å². The summed E-state index contributed by atoms with van der Waals surface area (Å²) in [5.41, 5.74) is 1.13. The molecule has 1 aliphatic rings. The van der Waals surface area contributed by atoms with Gasteiger partial charge in [-0.1, -0.05) is 58.4 Å². The standard InChI is InChI=1S/C17H18BrNO/c18-10-11-19(15-8-9-15)17(20)12-14-6-3-5-13-4-1-2-7-16(13)14/h1-7,15H,8-12H2. The molecule has 0 spiro atoms. The molecular formula is C17H18BrNO. The van der Waals surface area contributed by atoms with Crippen molar-refractivity contribution < 1.29 is 4.79 Å². The number of hydrogen-bond acceptors (Lipinski definition) is 1. The molecule has 0 N–H and O–H groups in total. The van der Waals surface area contributed by atoms with Crippen molar-refractivity contribution >= 4 is 32.6 Å². The van der Waals surface area contributed by atoms with E-state index in [0.29, 0.717) is 12.5 Å². The molecule has 1 fully saturated rings. The summed E-state index contributed by atoms with van der Waals surface area (Å²) in [4.78, 5) is 14.6. The van der Waals surface area contributed by atoms with Gasteiger partial charge in [0.2, 0.25) is 5.91 Å². The van der Waals surface area contributed by atoms with Crippen molar-refractivity contribution in [2.75, 3.05) is 11.9 Å². The predicted octanol–water partition coefficient (Wildman–Crippen LogP) is 3.77. The molecule has 0 radical (unpaired) electrons. The number of carbonyl (C=O) groups is 1. The molecule has 104 valence electrons. The zero-order chi connectivity index (χ0) is 13.9. The highest BCUT2D eigenvalue weighted by Gasteiger charge is 2.31. The molecule has 0 atom stereocenters. The minimum atomic E-state index is 0.253. The van der Waals surface area contributed by atoms with Crippen molar-refractivity contribution in [2.24, 2.45) is 0 Å². The molecule has 20 heavy (non-hydrogen) atoms. The van der Waals surface area contributed by atoms with Crippen LogP contribution in [0, 0.1) is 0 Å². The van der Waals surface area contributed by atoms with Gasteiger partial charge in [-0.25, -0.2) is 0 Å². The van der Waals surface area contributed by atoms with Crippen LogP contribution in [0.1, 0.15) is 18.4 Å². The van der Waals surface area contributed by atoms with Gasteiger partial charge in [0.15, 0.2) is 0 Å². The van der Waals surface area contributed by atoms with Gasteiger partial charge in [-0.05, 0) is 29.2 Å². The second kappa shape index (κ2) is 5.96. The van der Waals surface area contributed by atoms with Crippen LogP contribution < -0.4 is 0 Å². The number of fused-ring (bicyclic) bond motifs is 1. The second-order valence-electron chi connectivity index (χ2n) is 5.32. The molecule has 0 saturated heterocycles. The molecule has 0 aliphatic heterocycles. The van der Waals surface area contributed by atoms with Crippen molar-refractivity contribution in [1.29, 1.82) is 0 Å². The summed E-state index contributed by atoms with van der Waals surface area (Å²) in [5.74, 6) is 0.253. The van der Waals surface area contributed by atoms with Crippen LogP contribution >= 0.6 is 15.9 Å². The Bertz CT molecular complexity index is 616. The smallest absolute Gasteiger partial charge is 0.227 e. The summed E-state index contributed by atoms with van der Waals surface area (Å²) >= 11 is 3.45. The fourth-order valence-corrected chi connectivity index (χ4v) is 3.08. The SMILES string of the molecule is O=C(Cc1cccc2ccccc12)N(CCBr)C1CC1.